The Morgan fingerprint density at radius 1 is 1.18 bits per heavy atom. The minimum atomic E-state index is 0.288. The first-order valence-electron chi connectivity index (χ1n) is 6.37. The molecule has 1 aliphatic rings. The molecule has 0 unspecified atom stereocenters. The van der Waals surface area contributed by atoms with E-state index in [1.807, 2.05) is 12.1 Å². The summed E-state index contributed by atoms with van der Waals surface area (Å²) in [6.07, 6.45) is 3.54. The maximum Gasteiger partial charge on any atom is 0.180 e. The van der Waals surface area contributed by atoms with Crippen LogP contribution >= 0.6 is 0 Å². The van der Waals surface area contributed by atoms with Crippen LogP contribution in [0.2, 0.25) is 0 Å². The monoisotopic (exact) mass is 236 g/mol. The second-order valence-electron chi connectivity index (χ2n) is 4.96. The van der Waals surface area contributed by atoms with Crippen molar-refractivity contribution in [1.82, 2.24) is 0 Å². The quantitative estimate of drug-likeness (QED) is 0.790. The lowest BCUT2D eigenvalue weighted by molar-refractivity contribution is -0.934. The van der Waals surface area contributed by atoms with Crippen LogP contribution in [0.3, 0.4) is 0 Å². The van der Waals surface area contributed by atoms with Gasteiger partial charge >= 0.3 is 0 Å². The van der Waals surface area contributed by atoms with E-state index in [0.717, 1.165) is 36.3 Å². The summed E-state index contributed by atoms with van der Waals surface area (Å²) >= 11 is 0. The van der Waals surface area contributed by atoms with Crippen LogP contribution in [-0.2, 0) is 6.42 Å². The molecular formula is C14H22NO2+. The molecule has 3 nitrogen and oxygen atoms in total. The maximum atomic E-state index is 9.53. The molecule has 1 N–H and O–H groups in total. The number of hydrogen-bond acceptors (Lipinski definition) is 2. The van der Waals surface area contributed by atoms with Gasteiger partial charge in [-0.15, -0.1) is 0 Å². The lowest BCUT2D eigenvalue weighted by Gasteiger charge is -2.31. The SMILES string of the molecule is COc1ccc(CC[N+]2(CO)CCCC2)cc1. The fourth-order valence-electron chi connectivity index (χ4n) is 2.60. The fraction of sp³-hybridized carbons (Fsp3) is 0.571. The Bertz CT molecular complexity index is 342. The van der Waals surface area contributed by atoms with Crippen LogP contribution in [0.4, 0.5) is 0 Å². The van der Waals surface area contributed by atoms with Crippen molar-refractivity contribution < 1.29 is 14.3 Å². The first-order valence-corrected chi connectivity index (χ1v) is 6.37. The van der Waals surface area contributed by atoms with Crippen molar-refractivity contribution in [2.75, 3.05) is 33.5 Å². The van der Waals surface area contributed by atoms with Crippen LogP contribution < -0.4 is 4.74 Å². The van der Waals surface area contributed by atoms with Gasteiger partial charge in [0.05, 0.1) is 26.7 Å². The number of methoxy groups -OCH3 is 1. The normalized spacial score (nSPS) is 18.2. The van der Waals surface area contributed by atoms with Crippen molar-refractivity contribution >= 4 is 0 Å². The molecule has 1 aromatic rings. The number of benzene rings is 1. The van der Waals surface area contributed by atoms with Gasteiger partial charge in [0, 0.05) is 19.3 Å². The average Bonchev–Trinajstić information content (AvgIpc) is 2.86. The Kier molecular flexibility index (Phi) is 4.02. The van der Waals surface area contributed by atoms with Crippen molar-refractivity contribution in [2.45, 2.75) is 19.3 Å². The molecule has 0 bridgehead atoms. The molecule has 0 saturated carbocycles. The molecule has 0 radical (unpaired) electrons. The van der Waals surface area contributed by atoms with Gasteiger partial charge in [-0.2, -0.15) is 0 Å². The van der Waals surface area contributed by atoms with E-state index in [-0.39, 0.29) is 6.73 Å². The molecule has 94 valence electrons. The minimum Gasteiger partial charge on any atom is -0.497 e. The molecule has 0 amide bonds. The Balaban J connectivity index is 1.92. The Morgan fingerprint density at radius 2 is 1.82 bits per heavy atom. The van der Waals surface area contributed by atoms with Crippen molar-refractivity contribution in [3.8, 4) is 5.75 Å². The first kappa shape index (κ1) is 12.4. The van der Waals surface area contributed by atoms with E-state index in [9.17, 15) is 5.11 Å². The predicted molar refractivity (Wildman–Crippen MR) is 67.9 cm³/mol. The minimum absolute atomic E-state index is 0.288. The summed E-state index contributed by atoms with van der Waals surface area (Å²) in [6.45, 7) is 3.60. The Morgan fingerprint density at radius 3 is 2.35 bits per heavy atom. The number of rotatable bonds is 5. The highest BCUT2D eigenvalue weighted by molar-refractivity contribution is 5.27. The third-order valence-electron chi connectivity index (χ3n) is 3.85. The molecule has 17 heavy (non-hydrogen) atoms. The molecule has 1 fully saturated rings. The van der Waals surface area contributed by atoms with Gasteiger partial charge in [-0.05, 0) is 17.7 Å². The van der Waals surface area contributed by atoms with Gasteiger partial charge in [0.25, 0.3) is 0 Å². The standard InChI is InChI=1S/C14H22NO2/c1-17-14-6-4-13(5-7-14)8-11-15(12-16)9-2-3-10-15/h4-7,16H,2-3,8-12H2,1H3/q+1. The zero-order valence-electron chi connectivity index (χ0n) is 10.6. The number of likely N-dealkylation sites (tertiary alicyclic amines) is 1. The van der Waals surface area contributed by atoms with Gasteiger partial charge in [-0.1, -0.05) is 12.1 Å². The molecule has 0 atom stereocenters. The lowest BCUT2D eigenvalue weighted by Crippen LogP contribution is -2.47. The molecule has 1 heterocycles. The summed E-state index contributed by atoms with van der Waals surface area (Å²) < 4.78 is 6.03. The number of aliphatic hydroxyl groups excluding tert-OH is 1. The number of quaternary nitrogens is 1. The van der Waals surface area contributed by atoms with Crippen LogP contribution in [0, 0.1) is 0 Å². The van der Waals surface area contributed by atoms with E-state index >= 15 is 0 Å². The van der Waals surface area contributed by atoms with Crippen molar-refractivity contribution in [2.24, 2.45) is 0 Å². The summed E-state index contributed by atoms with van der Waals surface area (Å²) in [5.74, 6) is 0.904. The number of nitrogens with zero attached hydrogens (tertiary/aromatic N) is 1. The molecule has 2 rings (SSSR count). The topological polar surface area (TPSA) is 29.5 Å². The summed E-state index contributed by atoms with van der Waals surface area (Å²) in [5.41, 5.74) is 1.32. The van der Waals surface area contributed by atoms with Crippen LogP contribution in [-0.4, -0.2) is 43.1 Å². The molecule has 3 heteroatoms. The van der Waals surface area contributed by atoms with Gasteiger partial charge in [0.1, 0.15) is 5.75 Å². The van der Waals surface area contributed by atoms with Crippen LogP contribution in [0.1, 0.15) is 18.4 Å². The van der Waals surface area contributed by atoms with Crippen LogP contribution in [0.25, 0.3) is 0 Å². The third kappa shape index (κ3) is 2.99. The molecule has 1 aromatic carbocycles. The molecular weight excluding hydrogens is 214 g/mol. The first-order chi connectivity index (χ1) is 8.28. The van der Waals surface area contributed by atoms with Gasteiger partial charge in [-0.3, -0.25) is 0 Å². The number of hydrogen-bond donors (Lipinski definition) is 1. The Hall–Kier alpha value is -1.06. The van der Waals surface area contributed by atoms with Crippen molar-refractivity contribution in [3.63, 3.8) is 0 Å². The van der Waals surface area contributed by atoms with Crippen LogP contribution in [0.5, 0.6) is 5.75 Å². The van der Waals surface area contributed by atoms with Gasteiger partial charge in [-0.25, -0.2) is 0 Å². The molecule has 1 aliphatic heterocycles. The van der Waals surface area contributed by atoms with E-state index in [4.69, 9.17) is 4.74 Å². The fourth-order valence-corrected chi connectivity index (χ4v) is 2.60. The third-order valence-corrected chi connectivity index (χ3v) is 3.85. The Labute approximate surface area is 103 Å². The summed E-state index contributed by atoms with van der Waals surface area (Å²) in [6, 6.07) is 8.23. The second kappa shape index (κ2) is 5.52. The smallest absolute Gasteiger partial charge is 0.180 e. The summed E-state index contributed by atoms with van der Waals surface area (Å²) in [5, 5.41) is 9.53. The van der Waals surface area contributed by atoms with E-state index in [2.05, 4.69) is 12.1 Å². The highest BCUT2D eigenvalue weighted by atomic mass is 16.5. The van der Waals surface area contributed by atoms with Gasteiger partial charge in [0.2, 0.25) is 0 Å². The highest BCUT2D eigenvalue weighted by Crippen LogP contribution is 2.20. The maximum absolute atomic E-state index is 9.53. The largest absolute Gasteiger partial charge is 0.497 e. The van der Waals surface area contributed by atoms with E-state index in [0.29, 0.717) is 0 Å². The van der Waals surface area contributed by atoms with Gasteiger partial charge < -0.3 is 14.3 Å². The van der Waals surface area contributed by atoms with E-state index < -0.39 is 0 Å². The molecule has 1 saturated heterocycles. The van der Waals surface area contributed by atoms with Gasteiger partial charge in [0.15, 0.2) is 6.73 Å². The van der Waals surface area contributed by atoms with E-state index in [1.54, 1.807) is 7.11 Å². The summed E-state index contributed by atoms with van der Waals surface area (Å²) in [7, 11) is 1.69. The second-order valence-corrected chi connectivity index (χ2v) is 4.96. The lowest BCUT2D eigenvalue weighted by atomic mass is 10.1. The van der Waals surface area contributed by atoms with Crippen molar-refractivity contribution in [1.29, 1.82) is 0 Å². The average molecular weight is 236 g/mol. The summed E-state index contributed by atoms with van der Waals surface area (Å²) in [4.78, 5) is 0. The molecule has 0 aliphatic carbocycles. The number of ether oxygens (including phenoxy) is 1. The predicted octanol–water partition coefficient (Wildman–Crippen LogP) is 1.80. The zero-order chi connectivity index (χ0) is 12.1. The zero-order valence-corrected chi connectivity index (χ0v) is 10.6. The van der Waals surface area contributed by atoms with Crippen molar-refractivity contribution in [3.05, 3.63) is 29.8 Å². The van der Waals surface area contributed by atoms with E-state index in [1.165, 1.54) is 18.4 Å². The molecule has 0 spiro atoms. The number of aliphatic hydroxyl groups is 1. The van der Waals surface area contributed by atoms with Crippen LogP contribution in [0.15, 0.2) is 24.3 Å². The molecule has 0 aromatic heterocycles. The highest BCUT2D eigenvalue weighted by Gasteiger charge is 2.30.